The molecule has 0 saturated carbocycles. The number of likely N-dealkylation sites (N-methyl/N-ethyl adjacent to an activating group) is 1. The van der Waals surface area contributed by atoms with Crippen molar-refractivity contribution in [3.8, 4) is 0 Å². The summed E-state index contributed by atoms with van der Waals surface area (Å²) in [6.07, 6.45) is 0. The van der Waals surface area contributed by atoms with Gasteiger partial charge in [0.1, 0.15) is 10.8 Å². The summed E-state index contributed by atoms with van der Waals surface area (Å²) in [5.74, 6) is -0.253. The van der Waals surface area contributed by atoms with E-state index in [0.29, 0.717) is 5.15 Å². The monoisotopic (exact) mass is 264 g/mol. The summed E-state index contributed by atoms with van der Waals surface area (Å²) < 4.78 is 0. The third kappa shape index (κ3) is 2.44. The average molecular weight is 265 g/mol. The van der Waals surface area contributed by atoms with Crippen LogP contribution in [0.5, 0.6) is 0 Å². The minimum absolute atomic E-state index is 0.0798. The van der Waals surface area contributed by atoms with Gasteiger partial charge < -0.3 is 10.0 Å². The zero-order chi connectivity index (χ0) is 13.1. The number of amides is 1. The van der Waals surface area contributed by atoms with Gasteiger partial charge in [0.25, 0.3) is 5.91 Å². The molecular formula is C13H13ClN2O2. The SMILES string of the molecule is CN(CCO)C(=O)c1cc2ccccc2c(Cl)n1. The fourth-order valence-electron chi connectivity index (χ4n) is 1.71. The maximum absolute atomic E-state index is 12.0. The van der Waals surface area contributed by atoms with Crippen LogP contribution in [0, 0.1) is 0 Å². The van der Waals surface area contributed by atoms with E-state index in [1.54, 1.807) is 13.1 Å². The largest absolute Gasteiger partial charge is 0.395 e. The fraction of sp³-hybridized carbons (Fsp3) is 0.231. The Bertz CT molecular complexity index is 586. The number of aliphatic hydroxyl groups is 1. The van der Waals surface area contributed by atoms with Crippen molar-refractivity contribution in [1.82, 2.24) is 9.88 Å². The van der Waals surface area contributed by atoms with Crippen LogP contribution in [0.2, 0.25) is 5.15 Å². The average Bonchev–Trinajstić information content (AvgIpc) is 2.38. The molecule has 1 amide bonds. The molecule has 0 unspecified atom stereocenters. The van der Waals surface area contributed by atoms with Gasteiger partial charge in [0.2, 0.25) is 0 Å². The number of benzene rings is 1. The Kier molecular flexibility index (Phi) is 3.79. The van der Waals surface area contributed by atoms with Crippen LogP contribution >= 0.6 is 11.6 Å². The first-order valence-electron chi connectivity index (χ1n) is 5.55. The second-order valence-corrected chi connectivity index (χ2v) is 4.33. The molecule has 1 N–H and O–H groups in total. The van der Waals surface area contributed by atoms with Crippen molar-refractivity contribution >= 4 is 28.3 Å². The Hall–Kier alpha value is -1.65. The molecule has 0 atom stereocenters. The predicted molar refractivity (Wildman–Crippen MR) is 70.8 cm³/mol. The van der Waals surface area contributed by atoms with Gasteiger partial charge in [-0.2, -0.15) is 0 Å². The van der Waals surface area contributed by atoms with Gasteiger partial charge in [-0.3, -0.25) is 4.79 Å². The number of carbonyl (C=O) groups is 1. The quantitative estimate of drug-likeness (QED) is 0.862. The first-order chi connectivity index (χ1) is 8.63. The Balaban J connectivity index is 2.43. The van der Waals surface area contributed by atoms with E-state index in [2.05, 4.69) is 4.98 Å². The van der Waals surface area contributed by atoms with Gasteiger partial charge in [-0.15, -0.1) is 0 Å². The Labute approximate surface area is 110 Å². The molecular weight excluding hydrogens is 252 g/mol. The summed E-state index contributed by atoms with van der Waals surface area (Å²) in [5.41, 5.74) is 0.287. The van der Waals surface area contributed by atoms with Crippen LogP contribution in [0.15, 0.2) is 30.3 Å². The third-order valence-electron chi connectivity index (χ3n) is 2.70. The van der Waals surface area contributed by atoms with Crippen molar-refractivity contribution in [1.29, 1.82) is 0 Å². The molecule has 5 heteroatoms. The van der Waals surface area contributed by atoms with Gasteiger partial charge in [-0.1, -0.05) is 35.9 Å². The molecule has 0 fully saturated rings. The third-order valence-corrected chi connectivity index (χ3v) is 2.98. The summed E-state index contributed by atoms with van der Waals surface area (Å²) in [7, 11) is 1.61. The van der Waals surface area contributed by atoms with Crippen molar-refractivity contribution in [3.05, 3.63) is 41.2 Å². The lowest BCUT2D eigenvalue weighted by atomic mass is 10.1. The molecule has 0 saturated heterocycles. The molecule has 0 spiro atoms. The Morgan fingerprint density at radius 3 is 2.89 bits per heavy atom. The summed E-state index contributed by atoms with van der Waals surface area (Å²) in [4.78, 5) is 17.5. The second kappa shape index (κ2) is 5.33. The number of halogens is 1. The van der Waals surface area contributed by atoms with Crippen LogP contribution in [-0.2, 0) is 0 Å². The van der Waals surface area contributed by atoms with Gasteiger partial charge in [0.05, 0.1) is 6.61 Å². The number of pyridine rings is 1. The van der Waals surface area contributed by atoms with E-state index in [1.165, 1.54) is 4.90 Å². The van der Waals surface area contributed by atoms with Crippen molar-refractivity contribution in [2.45, 2.75) is 0 Å². The number of aliphatic hydroxyl groups excluding tert-OH is 1. The normalized spacial score (nSPS) is 10.6. The number of fused-ring (bicyclic) bond motifs is 1. The number of aromatic nitrogens is 1. The van der Waals surface area contributed by atoms with Gasteiger partial charge in [-0.25, -0.2) is 4.98 Å². The molecule has 0 aliphatic heterocycles. The van der Waals surface area contributed by atoms with Gasteiger partial charge in [-0.05, 0) is 11.5 Å². The molecule has 1 aromatic carbocycles. The minimum atomic E-state index is -0.253. The highest BCUT2D eigenvalue weighted by Crippen LogP contribution is 2.22. The Morgan fingerprint density at radius 2 is 2.17 bits per heavy atom. The highest BCUT2D eigenvalue weighted by atomic mass is 35.5. The molecule has 94 valence electrons. The molecule has 4 nitrogen and oxygen atoms in total. The standard InChI is InChI=1S/C13H13ClN2O2/c1-16(6-7-17)13(18)11-8-9-4-2-3-5-10(9)12(14)15-11/h2-5,8,17H,6-7H2,1H3. The van der Waals surface area contributed by atoms with E-state index in [4.69, 9.17) is 16.7 Å². The molecule has 1 heterocycles. The number of rotatable bonds is 3. The lowest BCUT2D eigenvalue weighted by Crippen LogP contribution is -2.30. The summed E-state index contributed by atoms with van der Waals surface area (Å²) in [6, 6.07) is 9.19. The van der Waals surface area contributed by atoms with E-state index in [0.717, 1.165) is 10.8 Å². The van der Waals surface area contributed by atoms with Crippen molar-refractivity contribution < 1.29 is 9.90 Å². The molecule has 0 bridgehead atoms. The van der Waals surface area contributed by atoms with Crippen LogP contribution in [0.4, 0.5) is 0 Å². The molecule has 0 aliphatic carbocycles. The second-order valence-electron chi connectivity index (χ2n) is 3.97. The maximum atomic E-state index is 12.0. The van der Waals surface area contributed by atoms with Crippen LogP contribution in [-0.4, -0.2) is 41.1 Å². The lowest BCUT2D eigenvalue weighted by Gasteiger charge is -2.15. The number of hydrogen-bond donors (Lipinski definition) is 1. The van der Waals surface area contributed by atoms with Crippen molar-refractivity contribution in [3.63, 3.8) is 0 Å². The highest BCUT2D eigenvalue weighted by molar-refractivity contribution is 6.34. The first-order valence-corrected chi connectivity index (χ1v) is 5.93. The number of hydrogen-bond acceptors (Lipinski definition) is 3. The highest BCUT2D eigenvalue weighted by Gasteiger charge is 2.14. The molecule has 18 heavy (non-hydrogen) atoms. The van der Waals surface area contributed by atoms with Crippen LogP contribution < -0.4 is 0 Å². The molecule has 2 rings (SSSR count). The molecule has 0 radical (unpaired) electrons. The summed E-state index contributed by atoms with van der Waals surface area (Å²) in [6.45, 7) is 0.189. The van der Waals surface area contributed by atoms with Crippen LogP contribution in [0.1, 0.15) is 10.5 Å². The van der Waals surface area contributed by atoms with Crippen LogP contribution in [0.3, 0.4) is 0 Å². The van der Waals surface area contributed by atoms with Crippen molar-refractivity contribution in [2.75, 3.05) is 20.2 Å². The molecule has 0 aliphatic rings. The maximum Gasteiger partial charge on any atom is 0.272 e. The van der Waals surface area contributed by atoms with Crippen LogP contribution in [0.25, 0.3) is 10.8 Å². The van der Waals surface area contributed by atoms with E-state index < -0.39 is 0 Å². The van der Waals surface area contributed by atoms with Gasteiger partial charge in [0, 0.05) is 19.0 Å². The Morgan fingerprint density at radius 1 is 1.44 bits per heavy atom. The topological polar surface area (TPSA) is 53.4 Å². The van der Waals surface area contributed by atoms with Gasteiger partial charge in [0.15, 0.2) is 0 Å². The predicted octanol–water partition coefficient (Wildman–Crippen LogP) is 1.95. The first kappa shape index (κ1) is 12.8. The summed E-state index contributed by atoms with van der Waals surface area (Å²) >= 11 is 6.06. The zero-order valence-electron chi connectivity index (χ0n) is 9.93. The van der Waals surface area contributed by atoms with Crippen molar-refractivity contribution in [2.24, 2.45) is 0 Å². The van der Waals surface area contributed by atoms with Gasteiger partial charge >= 0.3 is 0 Å². The minimum Gasteiger partial charge on any atom is -0.395 e. The molecule has 1 aromatic heterocycles. The number of carbonyl (C=O) groups excluding carboxylic acids is 1. The van der Waals surface area contributed by atoms with E-state index in [1.807, 2.05) is 24.3 Å². The summed E-state index contributed by atoms with van der Waals surface area (Å²) in [5, 5.41) is 10.8. The van der Waals surface area contributed by atoms with E-state index in [-0.39, 0.29) is 24.8 Å². The van der Waals surface area contributed by atoms with E-state index in [9.17, 15) is 4.79 Å². The molecule has 2 aromatic rings. The number of nitrogens with zero attached hydrogens (tertiary/aromatic N) is 2. The fourth-order valence-corrected chi connectivity index (χ4v) is 1.98. The lowest BCUT2D eigenvalue weighted by molar-refractivity contribution is 0.0761. The van der Waals surface area contributed by atoms with E-state index >= 15 is 0 Å². The smallest absolute Gasteiger partial charge is 0.272 e. The zero-order valence-corrected chi connectivity index (χ0v) is 10.7.